The van der Waals surface area contributed by atoms with Crippen LogP contribution in [0.15, 0.2) is 65.4 Å². The fraction of sp³-hybridized carbons (Fsp3) is 0. The first kappa shape index (κ1) is 13.0. The van der Waals surface area contributed by atoms with Crippen molar-refractivity contribution in [2.75, 3.05) is 0 Å². The van der Waals surface area contributed by atoms with Gasteiger partial charge in [0.25, 0.3) is 0 Å². The molecule has 4 aromatic rings. The molecular formula is C18H12N2OS. The van der Waals surface area contributed by atoms with Crippen LogP contribution >= 0.6 is 11.3 Å². The number of carbonyl (C=O) groups is 1. The number of hydrogen-bond donors (Lipinski definition) is 1. The van der Waals surface area contributed by atoms with E-state index < -0.39 is 0 Å². The van der Waals surface area contributed by atoms with E-state index in [0.29, 0.717) is 11.1 Å². The fourth-order valence-corrected chi connectivity index (χ4v) is 3.08. The van der Waals surface area contributed by atoms with Crippen LogP contribution in [0.3, 0.4) is 0 Å². The molecule has 0 aliphatic rings. The van der Waals surface area contributed by atoms with E-state index in [-0.39, 0.29) is 5.78 Å². The normalized spacial score (nSPS) is 10.9. The second-order valence-electron chi connectivity index (χ2n) is 5.02. The Kier molecular flexibility index (Phi) is 3.09. The summed E-state index contributed by atoms with van der Waals surface area (Å²) in [5.41, 5.74) is 4.17. The highest BCUT2D eigenvalue weighted by molar-refractivity contribution is 7.08. The molecule has 0 saturated carbocycles. The van der Waals surface area contributed by atoms with Crippen LogP contribution in [0.4, 0.5) is 0 Å². The maximum atomic E-state index is 12.5. The zero-order chi connectivity index (χ0) is 14.9. The van der Waals surface area contributed by atoms with Gasteiger partial charge in [-0.15, -0.1) is 0 Å². The van der Waals surface area contributed by atoms with Crippen LogP contribution in [0, 0.1) is 0 Å². The predicted octanol–water partition coefficient (Wildman–Crippen LogP) is 4.52. The van der Waals surface area contributed by atoms with Crippen molar-refractivity contribution in [2.24, 2.45) is 0 Å². The lowest BCUT2D eigenvalue weighted by Crippen LogP contribution is -2.00. The molecule has 2 heterocycles. The summed E-state index contributed by atoms with van der Waals surface area (Å²) in [6.07, 6.45) is 0. The van der Waals surface area contributed by atoms with Gasteiger partial charge in [-0.1, -0.05) is 30.3 Å². The lowest BCUT2D eigenvalue weighted by Gasteiger charge is -2.00. The third-order valence-electron chi connectivity index (χ3n) is 3.57. The Labute approximate surface area is 131 Å². The molecule has 0 fully saturated rings. The smallest absolute Gasteiger partial charge is 0.193 e. The number of thiophene rings is 1. The van der Waals surface area contributed by atoms with Gasteiger partial charge in [-0.3, -0.25) is 4.79 Å². The number of aromatic nitrogens is 2. The summed E-state index contributed by atoms with van der Waals surface area (Å²) >= 11 is 1.64. The molecule has 3 nitrogen and oxygen atoms in total. The van der Waals surface area contributed by atoms with Crippen molar-refractivity contribution < 1.29 is 4.79 Å². The molecule has 22 heavy (non-hydrogen) atoms. The molecule has 0 bridgehead atoms. The van der Waals surface area contributed by atoms with Crippen LogP contribution < -0.4 is 0 Å². The van der Waals surface area contributed by atoms with E-state index in [2.05, 4.69) is 9.97 Å². The monoisotopic (exact) mass is 304 g/mol. The van der Waals surface area contributed by atoms with Gasteiger partial charge in [0.2, 0.25) is 0 Å². The first-order valence-corrected chi connectivity index (χ1v) is 7.87. The van der Waals surface area contributed by atoms with Gasteiger partial charge in [-0.2, -0.15) is 11.3 Å². The van der Waals surface area contributed by atoms with Gasteiger partial charge in [0.1, 0.15) is 5.82 Å². The van der Waals surface area contributed by atoms with E-state index in [1.165, 1.54) is 0 Å². The molecule has 0 aliphatic carbocycles. The van der Waals surface area contributed by atoms with Crippen molar-refractivity contribution in [3.05, 3.63) is 76.5 Å². The summed E-state index contributed by atoms with van der Waals surface area (Å²) in [5, 5.41) is 4.07. The molecular weight excluding hydrogens is 292 g/mol. The van der Waals surface area contributed by atoms with E-state index in [1.807, 2.05) is 65.4 Å². The highest BCUT2D eigenvalue weighted by Crippen LogP contribution is 2.23. The topological polar surface area (TPSA) is 45.8 Å². The van der Waals surface area contributed by atoms with Crippen molar-refractivity contribution in [2.45, 2.75) is 0 Å². The SMILES string of the molecule is O=C(c1ccccc1)c1ccc2nc(-c3ccsc3)[nH]c2c1. The molecule has 1 N–H and O–H groups in total. The summed E-state index contributed by atoms with van der Waals surface area (Å²) in [4.78, 5) is 20.3. The predicted molar refractivity (Wildman–Crippen MR) is 89.3 cm³/mol. The van der Waals surface area contributed by atoms with Crippen LogP contribution in [0.25, 0.3) is 22.4 Å². The molecule has 0 radical (unpaired) electrons. The van der Waals surface area contributed by atoms with Crippen LogP contribution in [0.1, 0.15) is 15.9 Å². The van der Waals surface area contributed by atoms with E-state index >= 15 is 0 Å². The van der Waals surface area contributed by atoms with Crippen LogP contribution in [0.2, 0.25) is 0 Å². The molecule has 0 saturated heterocycles. The Morgan fingerprint density at radius 3 is 2.64 bits per heavy atom. The van der Waals surface area contributed by atoms with Crippen LogP contribution in [-0.4, -0.2) is 15.8 Å². The van der Waals surface area contributed by atoms with Crippen molar-refractivity contribution in [3.63, 3.8) is 0 Å². The molecule has 0 amide bonds. The minimum Gasteiger partial charge on any atom is -0.338 e. The summed E-state index contributed by atoms with van der Waals surface area (Å²) in [5.74, 6) is 0.856. The van der Waals surface area contributed by atoms with Crippen molar-refractivity contribution >= 4 is 28.2 Å². The number of H-pyrrole nitrogens is 1. The van der Waals surface area contributed by atoms with Gasteiger partial charge in [0.15, 0.2) is 5.78 Å². The van der Waals surface area contributed by atoms with Gasteiger partial charge in [-0.05, 0) is 29.6 Å². The average molecular weight is 304 g/mol. The van der Waals surface area contributed by atoms with E-state index in [4.69, 9.17) is 0 Å². The third kappa shape index (κ3) is 2.23. The molecule has 2 aromatic heterocycles. The Balaban J connectivity index is 1.76. The molecule has 0 unspecified atom stereocenters. The summed E-state index contributed by atoms with van der Waals surface area (Å²) in [6.45, 7) is 0. The lowest BCUT2D eigenvalue weighted by atomic mass is 10.0. The molecule has 4 heteroatoms. The van der Waals surface area contributed by atoms with E-state index in [0.717, 1.165) is 22.4 Å². The van der Waals surface area contributed by atoms with E-state index in [1.54, 1.807) is 11.3 Å². The van der Waals surface area contributed by atoms with Gasteiger partial charge < -0.3 is 4.98 Å². The number of hydrogen-bond acceptors (Lipinski definition) is 3. The molecule has 0 atom stereocenters. The Morgan fingerprint density at radius 2 is 1.86 bits per heavy atom. The van der Waals surface area contributed by atoms with Gasteiger partial charge in [0.05, 0.1) is 11.0 Å². The average Bonchev–Trinajstić information content (AvgIpc) is 3.23. The number of imidazole rings is 1. The highest BCUT2D eigenvalue weighted by atomic mass is 32.1. The number of fused-ring (bicyclic) bond motifs is 1. The molecule has 4 rings (SSSR count). The second kappa shape index (κ2) is 5.24. The minimum absolute atomic E-state index is 0.0224. The Morgan fingerprint density at radius 1 is 1.00 bits per heavy atom. The molecule has 106 valence electrons. The van der Waals surface area contributed by atoms with Crippen molar-refractivity contribution in [3.8, 4) is 11.4 Å². The van der Waals surface area contributed by atoms with Crippen molar-refractivity contribution in [1.82, 2.24) is 9.97 Å². The number of nitrogens with one attached hydrogen (secondary N) is 1. The van der Waals surface area contributed by atoms with Crippen molar-refractivity contribution in [1.29, 1.82) is 0 Å². The van der Waals surface area contributed by atoms with Crippen LogP contribution in [0.5, 0.6) is 0 Å². The Bertz CT molecular complexity index is 940. The molecule has 0 spiro atoms. The Hall–Kier alpha value is -2.72. The summed E-state index contributed by atoms with van der Waals surface area (Å²) < 4.78 is 0. The number of carbonyl (C=O) groups excluding carboxylic acids is 1. The van der Waals surface area contributed by atoms with Gasteiger partial charge in [0, 0.05) is 22.1 Å². The largest absolute Gasteiger partial charge is 0.338 e. The first-order chi connectivity index (χ1) is 10.8. The zero-order valence-electron chi connectivity index (χ0n) is 11.6. The fourth-order valence-electron chi connectivity index (χ4n) is 2.44. The van der Waals surface area contributed by atoms with E-state index in [9.17, 15) is 4.79 Å². The number of nitrogens with zero attached hydrogens (tertiary/aromatic N) is 1. The highest BCUT2D eigenvalue weighted by Gasteiger charge is 2.11. The van der Waals surface area contributed by atoms with Gasteiger partial charge >= 0.3 is 0 Å². The lowest BCUT2D eigenvalue weighted by molar-refractivity contribution is 0.103. The number of benzene rings is 2. The maximum Gasteiger partial charge on any atom is 0.193 e. The minimum atomic E-state index is 0.0224. The summed E-state index contributed by atoms with van der Waals surface area (Å²) in [6, 6.07) is 16.9. The second-order valence-corrected chi connectivity index (χ2v) is 5.80. The molecule has 2 aromatic carbocycles. The first-order valence-electron chi connectivity index (χ1n) is 6.93. The maximum absolute atomic E-state index is 12.5. The number of rotatable bonds is 3. The van der Waals surface area contributed by atoms with Gasteiger partial charge in [-0.25, -0.2) is 4.98 Å². The number of aromatic amines is 1. The third-order valence-corrected chi connectivity index (χ3v) is 4.26. The standard InChI is InChI=1S/C18H12N2OS/c21-17(12-4-2-1-3-5-12)13-6-7-15-16(10-13)20-18(19-15)14-8-9-22-11-14/h1-11H,(H,19,20). The number of ketones is 1. The quantitative estimate of drug-likeness (QED) is 0.565. The molecule has 0 aliphatic heterocycles. The zero-order valence-corrected chi connectivity index (χ0v) is 12.4. The summed E-state index contributed by atoms with van der Waals surface area (Å²) in [7, 11) is 0. The van der Waals surface area contributed by atoms with Crippen LogP contribution in [-0.2, 0) is 0 Å².